The molecule has 1 saturated carbocycles. The van der Waals surface area contributed by atoms with Gasteiger partial charge in [-0.15, -0.1) is 0 Å². The highest BCUT2D eigenvalue weighted by Gasteiger charge is 2.21. The van der Waals surface area contributed by atoms with Gasteiger partial charge in [0.2, 0.25) is 0 Å². The standard InChI is InChI=1S/C17H21FN2O2S/c1-22-10-9-20-14-8-7-13(18)11-15(14)23-17(20)19-16(21)12-5-3-2-4-6-12/h7-8,11-12H,2-6,9-10H2,1H3. The Hall–Kier alpha value is -1.53. The van der Waals surface area contributed by atoms with Crippen LogP contribution in [0.15, 0.2) is 23.2 Å². The van der Waals surface area contributed by atoms with Crippen molar-refractivity contribution in [3.8, 4) is 0 Å². The third-order valence-electron chi connectivity index (χ3n) is 4.32. The van der Waals surface area contributed by atoms with Crippen LogP contribution in [-0.4, -0.2) is 24.2 Å². The molecule has 23 heavy (non-hydrogen) atoms. The molecule has 6 heteroatoms. The molecule has 0 N–H and O–H groups in total. The summed E-state index contributed by atoms with van der Waals surface area (Å²) >= 11 is 1.36. The quantitative estimate of drug-likeness (QED) is 0.858. The number of hydrogen-bond donors (Lipinski definition) is 0. The van der Waals surface area contributed by atoms with Gasteiger partial charge in [-0.2, -0.15) is 4.99 Å². The van der Waals surface area contributed by atoms with Crippen LogP contribution in [0.2, 0.25) is 0 Å². The second kappa shape index (κ2) is 7.36. The summed E-state index contributed by atoms with van der Waals surface area (Å²) in [6.45, 7) is 1.12. The first-order chi connectivity index (χ1) is 11.2. The number of fused-ring (bicyclic) bond motifs is 1. The molecule has 1 amide bonds. The number of aromatic nitrogens is 1. The van der Waals surface area contributed by atoms with E-state index in [1.54, 1.807) is 13.2 Å². The van der Waals surface area contributed by atoms with E-state index in [1.165, 1.54) is 29.9 Å². The van der Waals surface area contributed by atoms with Crippen molar-refractivity contribution in [1.82, 2.24) is 4.57 Å². The Morgan fingerprint density at radius 3 is 2.91 bits per heavy atom. The van der Waals surface area contributed by atoms with Crippen molar-refractivity contribution < 1.29 is 13.9 Å². The number of amides is 1. The third-order valence-corrected chi connectivity index (χ3v) is 5.37. The maximum atomic E-state index is 13.5. The molecule has 0 spiro atoms. The van der Waals surface area contributed by atoms with Crippen molar-refractivity contribution in [3.05, 3.63) is 28.8 Å². The van der Waals surface area contributed by atoms with Gasteiger partial charge in [0.15, 0.2) is 4.80 Å². The maximum Gasteiger partial charge on any atom is 0.251 e. The van der Waals surface area contributed by atoms with Gasteiger partial charge < -0.3 is 9.30 Å². The molecule has 124 valence electrons. The largest absolute Gasteiger partial charge is 0.383 e. The molecule has 3 rings (SSSR count). The predicted octanol–water partition coefficient (Wildman–Crippen LogP) is 3.50. The summed E-state index contributed by atoms with van der Waals surface area (Å²) in [6, 6.07) is 4.67. The van der Waals surface area contributed by atoms with Crippen LogP contribution >= 0.6 is 11.3 Å². The number of rotatable bonds is 4. The van der Waals surface area contributed by atoms with Crippen molar-refractivity contribution in [2.75, 3.05) is 13.7 Å². The van der Waals surface area contributed by atoms with Crippen LogP contribution in [0.4, 0.5) is 4.39 Å². The lowest BCUT2D eigenvalue weighted by Crippen LogP contribution is -2.23. The molecule has 0 atom stereocenters. The summed E-state index contributed by atoms with van der Waals surface area (Å²) in [5.74, 6) is -0.271. The first-order valence-electron chi connectivity index (χ1n) is 8.05. The minimum atomic E-state index is -0.275. The highest BCUT2D eigenvalue weighted by Crippen LogP contribution is 2.25. The molecule has 0 aliphatic heterocycles. The normalized spacial score (nSPS) is 17.0. The number of hydrogen-bond acceptors (Lipinski definition) is 3. The number of carbonyl (C=O) groups is 1. The molecular formula is C17H21FN2O2S. The van der Waals surface area contributed by atoms with Gasteiger partial charge in [-0.25, -0.2) is 4.39 Å². The zero-order valence-electron chi connectivity index (χ0n) is 13.3. The Labute approximate surface area is 138 Å². The van der Waals surface area contributed by atoms with Gasteiger partial charge in [-0.3, -0.25) is 4.79 Å². The van der Waals surface area contributed by atoms with E-state index in [9.17, 15) is 9.18 Å². The average molecular weight is 336 g/mol. The number of methoxy groups -OCH3 is 1. The van der Waals surface area contributed by atoms with E-state index < -0.39 is 0 Å². The smallest absolute Gasteiger partial charge is 0.251 e. The van der Waals surface area contributed by atoms with Crippen LogP contribution in [0.5, 0.6) is 0 Å². The molecule has 1 aromatic carbocycles. The topological polar surface area (TPSA) is 43.6 Å². The lowest BCUT2D eigenvalue weighted by Gasteiger charge is -2.17. The number of ether oxygens (including phenoxy) is 1. The zero-order valence-corrected chi connectivity index (χ0v) is 14.1. The minimum absolute atomic E-state index is 0.0390. The summed E-state index contributed by atoms with van der Waals surface area (Å²) in [7, 11) is 1.64. The van der Waals surface area contributed by atoms with Crippen molar-refractivity contribution in [2.24, 2.45) is 10.9 Å². The molecule has 1 heterocycles. The summed E-state index contributed by atoms with van der Waals surface area (Å²) in [4.78, 5) is 17.5. The highest BCUT2D eigenvalue weighted by atomic mass is 32.1. The van der Waals surface area contributed by atoms with E-state index in [-0.39, 0.29) is 17.6 Å². The van der Waals surface area contributed by atoms with Crippen molar-refractivity contribution >= 4 is 27.5 Å². The predicted molar refractivity (Wildman–Crippen MR) is 88.8 cm³/mol. The van der Waals surface area contributed by atoms with E-state index >= 15 is 0 Å². The van der Waals surface area contributed by atoms with E-state index in [2.05, 4.69) is 4.99 Å². The molecule has 1 aliphatic carbocycles. The minimum Gasteiger partial charge on any atom is -0.383 e. The first kappa shape index (κ1) is 16.3. The van der Waals surface area contributed by atoms with Crippen molar-refractivity contribution in [2.45, 2.75) is 38.6 Å². The third kappa shape index (κ3) is 3.70. The number of benzene rings is 1. The molecule has 0 saturated heterocycles. The van der Waals surface area contributed by atoms with Crippen LogP contribution in [-0.2, 0) is 16.1 Å². The Morgan fingerprint density at radius 1 is 1.39 bits per heavy atom. The lowest BCUT2D eigenvalue weighted by atomic mass is 9.89. The van der Waals surface area contributed by atoms with Crippen molar-refractivity contribution in [1.29, 1.82) is 0 Å². The second-order valence-electron chi connectivity index (χ2n) is 5.93. The van der Waals surface area contributed by atoms with Crippen LogP contribution in [0.25, 0.3) is 10.2 Å². The fraction of sp³-hybridized carbons (Fsp3) is 0.529. The summed E-state index contributed by atoms with van der Waals surface area (Å²) in [5, 5.41) is 0. The molecule has 1 aromatic heterocycles. The van der Waals surface area contributed by atoms with Gasteiger partial charge in [0.25, 0.3) is 5.91 Å². The SMILES string of the molecule is COCCn1c(=NC(=O)C2CCCCC2)sc2cc(F)ccc21. The Kier molecular flexibility index (Phi) is 5.23. The van der Waals surface area contributed by atoms with Gasteiger partial charge in [0.05, 0.1) is 16.8 Å². The Balaban J connectivity index is 2.00. The number of nitrogens with zero attached hydrogens (tertiary/aromatic N) is 2. The molecule has 4 nitrogen and oxygen atoms in total. The lowest BCUT2D eigenvalue weighted by molar-refractivity contribution is -0.122. The van der Waals surface area contributed by atoms with Gasteiger partial charge in [-0.05, 0) is 31.0 Å². The molecule has 1 fully saturated rings. The maximum absolute atomic E-state index is 13.5. The summed E-state index contributed by atoms with van der Waals surface area (Å²) in [5.41, 5.74) is 0.892. The van der Waals surface area contributed by atoms with E-state index in [0.717, 1.165) is 35.9 Å². The van der Waals surface area contributed by atoms with E-state index in [0.29, 0.717) is 18.0 Å². The van der Waals surface area contributed by atoms with Gasteiger partial charge in [0, 0.05) is 19.6 Å². The summed E-state index contributed by atoms with van der Waals surface area (Å²) in [6.07, 6.45) is 5.28. The molecule has 0 radical (unpaired) electrons. The van der Waals surface area contributed by atoms with Gasteiger partial charge in [0.1, 0.15) is 5.82 Å². The monoisotopic (exact) mass is 336 g/mol. The summed E-state index contributed by atoms with van der Waals surface area (Å²) < 4.78 is 21.4. The molecule has 2 aromatic rings. The fourth-order valence-electron chi connectivity index (χ4n) is 3.07. The highest BCUT2D eigenvalue weighted by molar-refractivity contribution is 7.16. The van der Waals surface area contributed by atoms with Crippen LogP contribution in [0, 0.1) is 11.7 Å². The Bertz CT molecular complexity index is 760. The van der Waals surface area contributed by atoms with Gasteiger partial charge >= 0.3 is 0 Å². The zero-order chi connectivity index (χ0) is 16.2. The second-order valence-corrected chi connectivity index (χ2v) is 6.94. The van der Waals surface area contributed by atoms with Crippen LogP contribution in [0.3, 0.4) is 0 Å². The number of carbonyl (C=O) groups excluding carboxylic acids is 1. The molecule has 1 aliphatic rings. The molecule has 0 bridgehead atoms. The fourth-order valence-corrected chi connectivity index (χ4v) is 4.15. The number of thiazole rings is 1. The van der Waals surface area contributed by atoms with Crippen LogP contribution < -0.4 is 4.80 Å². The van der Waals surface area contributed by atoms with E-state index in [4.69, 9.17) is 4.74 Å². The molecule has 0 unspecified atom stereocenters. The van der Waals surface area contributed by atoms with Crippen LogP contribution in [0.1, 0.15) is 32.1 Å². The molecular weight excluding hydrogens is 315 g/mol. The van der Waals surface area contributed by atoms with Crippen molar-refractivity contribution in [3.63, 3.8) is 0 Å². The Morgan fingerprint density at radius 2 is 2.17 bits per heavy atom. The average Bonchev–Trinajstić information content (AvgIpc) is 2.89. The number of halogens is 1. The first-order valence-corrected chi connectivity index (χ1v) is 8.87. The van der Waals surface area contributed by atoms with Gasteiger partial charge in [-0.1, -0.05) is 30.6 Å². The van der Waals surface area contributed by atoms with E-state index in [1.807, 2.05) is 4.57 Å².